The number of hydrogen-bond donors (Lipinski definition) is 1. The van der Waals surface area contributed by atoms with Crippen LogP contribution in [0, 0.1) is 16.0 Å². The number of rotatable bonds is 2. The fraction of sp³-hybridized carbons (Fsp3) is 0.250. The largest absolute Gasteiger partial charge is 0.397 e. The zero-order valence-corrected chi connectivity index (χ0v) is 11.8. The molecule has 5 nitrogen and oxygen atoms in total. The van der Waals surface area contributed by atoms with Crippen LogP contribution in [0.5, 0.6) is 0 Å². The van der Waals surface area contributed by atoms with Gasteiger partial charge in [0.15, 0.2) is 0 Å². The molecule has 0 radical (unpaired) electrons. The Hall–Kier alpha value is -2.56. The third kappa shape index (κ3) is 2.42. The monoisotopic (exact) mass is 283 g/mol. The molecule has 0 bridgehead atoms. The minimum Gasteiger partial charge on any atom is -0.397 e. The minimum absolute atomic E-state index is 0.0228. The average Bonchev–Trinajstić information content (AvgIpc) is 2.46. The van der Waals surface area contributed by atoms with Gasteiger partial charge >= 0.3 is 0 Å². The standard InChI is InChI=1S/C16H17N3O2/c1-11-8-12-4-2-3-5-15(12)18(10-11)16-7-6-13(19(20)21)9-14(16)17/h2-7,9,11H,8,10,17H2,1H3. The predicted molar refractivity (Wildman–Crippen MR) is 83.8 cm³/mol. The lowest BCUT2D eigenvalue weighted by Crippen LogP contribution is -2.30. The van der Waals surface area contributed by atoms with E-state index >= 15 is 0 Å². The van der Waals surface area contributed by atoms with E-state index in [1.807, 2.05) is 12.1 Å². The van der Waals surface area contributed by atoms with E-state index in [0.29, 0.717) is 11.6 Å². The quantitative estimate of drug-likeness (QED) is 0.520. The maximum atomic E-state index is 10.8. The van der Waals surface area contributed by atoms with Crippen LogP contribution in [-0.2, 0) is 6.42 Å². The van der Waals surface area contributed by atoms with Gasteiger partial charge < -0.3 is 10.6 Å². The van der Waals surface area contributed by atoms with Crippen molar-refractivity contribution < 1.29 is 4.92 Å². The lowest BCUT2D eigenvalue weighted by atomic mass is 9.93. The second-order valence-electron chi connectivity index (χ2n) is 5.55. The Morgan fingerprint density at radius 3 is 2.71 bits per heavy atom. The predicted octanol–water partition coefficient (Wildman–Crippen LogP) is 3.51. The molecule has 2 aromatic carbocycles. The molecule has 108 valence electrons. The van der Waals surface area contributed by atoms with Crippen LogP contribution in [0.4, 0.5) is 22.7 Å². The number of nitro groups is 1. The van der Waals surface area contributed by atoms with Crippen molar-refractivity contribution in [3.8, 4) is 0 Å². The summed E-state index contributed by atoms with van der Waals surface area (Å²) in [6.07, 6.45) is 1.04. The van der Waals surface area contributed by atoms with Crippen LogP contribution < -0.4 is 10.6 Å². The Kier molecular flexibility index (Phi) is 3.25. The van der Waals surface area contributed by atoms with Crippen LogP contribution >= 0.6 is 0 Å². The maximum Gasteiger partial charge on any atom is 0.271 e. The van der Waals surface area contributed by atoms with Crippen molar-refractivity contribution in [2.24, 2.45) is 5.92 Å². The minimum atomic E-state index is -0.424. The summed E-state index contributed by atoms with van der Waals surface area (Å²) in [5.74, 6) is 0.509. The fourth-order valence-electron chi connectivity index (χ4n) is 2.93. The van der Waals surface area contributed by atoms with Gasteiger partial charge in [0, 0.05) is 24.4 Å². The second kappa shape index (κ2) is 5.09. The summed E-state index contributed by atoms with van der Waals surface area (Å²) in [6, 6.07) is 12.9. The van der Waals surface area contributed by atoms with Gasteiger partial charge in [-0.25, -0.2) is 0 Å². The highest BCUT2D eigenvalue weighted by Gasteiger charge is 2.24. The molecular weight excluding hydrogens is 266 g/mol. The van der Waals surface area contributed by atoms with E-state index < -0.39 is 4.92 Å². The maximum absolute atomic E-state index is 10.8. The van der Waals surface area contributed by atoms with Crippen LogP contribution in [0.3, 0.4) is 0 Å². The van der Waals surface area contributed by atoms with Crippen molar-refractivity contribution >= 4 is 22.7 Å². The molecule has 2 N–H and O–H groups in total. The van der Waals surface area contributed by atoms with E-state index in [0.717, 1.165) is 24.3 Å². The van der Waals surface area contributed by atoms with Gasteiger partial charge in [-0.15, -0.1) is 0 Å². The number of para-hydroxylation sites is 1. The summed E-state index contributed by atoms with van der Waals surface area (Å²) < 4.78 is 0. The highest BCUT2D eigenvalue weighted by atomic mass is 16.6. The van der Waals surface area contributed by atoms with Gasteiger partial charge in [0.1, 0.15) is 0 Å². The Balaban J connectivity index is 2.06. The lowest BCUT2D eigenvalue weighted by Gasteiger charge is -2.35. The first-order chi connectivity index (χ1) is 10.1. The molecule has 0 aliphatic carbocycles. The zero-order valence-electron chi connectivity index (χ0n) is 11.8. The van der Waals surface area contributed by atoms with E-state index in [9.17, 15) is 10.1 Å². The van der Waals surface area contributed by atoms with E-state index in [-0.39, 0.29) is 5.69 Å². The van der Waals surface area contributed by atoms with Crippen molar-refractivity contribution in [3.63, 3.8) is 0 Å². The van der Waals surface area contributed by atoms with Crippen LogP contribution in [0.1, 0.15) is 12.5 Å². The van der Waals surface area contributed by atoms with Crippen LogP contribution in [0.25, 0.3) is 0 Å². The van der Waals surface area contributed by atoms with E-state index in [1.165, 1.54) is 17.7 Å². The van der Waals surface area contributed by atoms with Gasteiger partial charge in [-0.2, -0.15) is 0 Å². The summed E-state index contributed by atoms with van der Waals surface area (Å²) in [6.45, 7) is 3.06. The number of nitro benzene ring substituents is 1. The third-order valence-electron chi connectivity index (χ3n) is 3.86. The van der Waals surface area contributed by atoms with E-state index in [1.54, 1.807) is 6.07 Å². The lowest BCUT2D eigenvalue weighted by molar-refractivity contribution is -0.384. The molecule has 0 saturated heterocycles. The van der Waals surface area contributed by atoms with Crippen LogP contribution in [0.15, 0.2) is 42.5 Å². The summed E-state index contributed by atoms with van der Waals surface area (Å²) in [5, 5.41) is 10.8. The van der Waals surface area contributed by atoms with E-state index in [4.69, 9.17) is 5.73 Å². The molecule has 2 aromatic rings. The smallest absolute Gasteiger partial charge is 0.271 e. The van der Waals surface area contributed by atoms with Crippen molar-refractivity contribution in [2.75, 3.05) is 17.2 Å². The highest BCUT2D eigenvalue weighted by Crippen LogP contribution is 2.38. The fourth-order valence-corrected chi connectivity index (χ4v) is 2.93. The molecule has 0 amide bonds. The third-order valence-corrected chi connectivity index (χ3v) is 3.86. The first-order valence-electron chi connectivity index (χ1n) is 6.95. The van der Waals surface area contributed by atoms with Crippen molar-refractivity contribution in [1.29, 1.82) is 0 Å². The van der Waals surface area contributed by atoms with Gasteiger partial charge in [-0.05, 0) is 30.0 Å². The molecule has 0 spiro atoms. The van der Waals surface area contributed by atoms with Crippen LogP contribution in [0.2, 0.25) is 0 Å². The number of benzene rings is 2. The van der Waals surface area contributed by atoms with Crippen LogP contribution in [-0.4, -0.2) is 11.5 Å². The normalized spacial score (nSPS) is 17.4. The first-order valence-corrected chi connectivity index (χ1v) is 6.95. The summed E-state index contributed by atoms with van der Waals surface area (Å²) in [7, 11) is 0. The zero-order chi connectivity index (χ0) is 15.0. The summed E-state index contributed by atoms with van der Waals surface area (Å²) >= 11 is 0. The molecule has 1 unspecified atom stereocenters. The molecule has 21 heavy (non-hydrogen) atoms. The summed E-state index contributed by atoms with van der Waals surface area (Å²) in [5.41, 5.74) is 9.76. The molecule has 0 aromatic heterocycles. The first kappa shape index (κ1) is 13.4. The number of anilines is 3. The Bertz CT molecular complexity index is 700. The Labute approximate surface area is 123 Å². The molecule has 0 saturated carbocycles. The molecule has 0 fully saturated rings. The number of nitrogens with zero attached hydrogens (tertiary/aromatic N) is 2. The molecular formula is C16H17N3O2. The average molecular weight is 283 g/mol. The highest BCUT2D eigenvalue weighted by molar-refractivity contribution is 5.78. The van der Waals surface area contributed by atoms with Gasteiger partial charge in [0.25, 0.3) is 5.69 Å². The van der Waals surface area contributed by atoms with Crippen molar-refractivity contribution in [2.45, 2.75) is 13.3 Å². The molecule has 3 rings (SSSR count). The second-order valence-corrected chi connectivity index (χ2v) is 5.55. The molecule has 1 atom stereocenters. The summed E-state index contributed by atoms with van der Waals surface area (Å²) in [4.78, 5) is 12.6. The number of nitrogens with two attached hydrogens (primary N) is 1. The van der Waals surface area contributed by atoms with Gasteiger partial charge in [-0.3, -0.25) is 10.1 Å². The SMILES string of the molecule is CC1Cc2ccccc2N(c2ccc([N+](=O)[O-])cc2N)C1. The Morgan fingerprint density at radius 2 is 2.00 bits per heavy atom. The van der Waals surface area contributed by atoms with Gasteiger partial charge in [-0.1, -0.05) is 25.1 Å². The molecule has 5 heteroatoms. The van der Waals surface area contributed by atoms with Crippen molar-refractivity contribution in [1.82, 2.24) is 0 Å². The molecule has 1 heterocycles. The van der Waals surface area contributed by atoms with Gasteiger partial charge in [0.2, 0.25) is 0 Å². The number of hydrogen-bond acceptors (Lipinski definition) is 4. The van der Waals surface area contributed by atoms with Gasteiger partial charge in [0.05, 0.1) is 16.3 Å². The number of non-ortho nitro benzene ring substituents is 1. The number of nitrogen functional groups attached to an aromatic ring is 1. The molecule has 1 aliphatic heterocycles. The number of fused-ring (bicyclic) bond motifs is 1. The Morgan fingerprint density at radius 1 is 1.24 bits per heavy atom. The topological polar surface area (TPSA) is 72.4 Å². The van der Waals surface area contributed by atoms with Crippen molar-refractivity contribution in [3.05, 3.63) is 58.1 Å². The van der Waals surface area contributed by atoms with E-state index in [2.05, 4.69) is 24.0 Å². The molecule has 1 aliphatic rings.